The number of hydrogen-bond acceptors (Lipinski definition) is 2. The highest BCUT2D eigenvalue weighted by Crippen LogP contribution is 2.43. The topological polar surface area (TPSA) is 25.8 Å². The normalized spacial score (nSPS) is 12.5. The van der Waals surface area contributed by atoms with Gasteiger partial charge >= 0.3 is 0 Å². The monoisotopic (exact) mass is 380 g/mol. The van der Waals surface area contributed by atoms with E-state index in [2.05, 4.69) is 89.9 Å². The molecule has 1 aliphatic rings. The van der Waals surface area contributed by atoms with Crippen LogP contribution >= 0.6 is 0 Å². The molecule has 0 N–H and O–H groups in total. The number of nitrogens with zero attached hydrogens (tertiary/aromatic N) is 2. The molecule has 2 heteroatoms. The number of benzene rings is 4. The quantitative estimate of drug-likeness (QED) is 0.222. The van der Waals surface area contributed by atoms with Gasteiger partial charge < -0.3 is 0 Å². The van der Waals surface area contributed by atoms with Crippen LogP contribution in [-0.2, 0) is 0 Å². The van der Waals surface area contributed by atoms with E-state index < -0.39 is 0 Å². The molecule has 0 aliphatic heterocycles. The Morgan fingerprint density at radius 2 is 1.37 bits per heavy atom. The molecular formula is C28H16N2. The van der Waals surface area contributed by atoms with Gasteiger partial charge in [0.15, 0.2) is 0 Å². The average molecular weight is 380 g/mol. The van der Waals surface area contributed by atoms with Crippen molar-refractivity contribution >= 4 is 55.5 Å². The molecule has 0 saturated carbocycles. The van der Waals surface area contributed by atoms with E-state index in [-0.39, 0.29) is 0 Å². The summed E-state index contributed by atoms with van der Waals surface area (Å²) in [6.07, 6.45) is 6.31. The third kappa shape index (κ3) is 2.03. The smallest absolute Gasteiger partial charge is 0.0972 e. The van der Waals surface area contributed by atoms with E-state index in [1.54, 1.807) is 0 Å². The Morgan fingerprint density at radius 3 is 2.30 bits per heavy atom. The first-order chi connectivity index (χ1) is 14.9. The summed E-state index contributed by atoms with van der Waals surface area (Å²) in [4.78, 5) is 9.81. The van der Waals surface area contributed by atoms with Gasteiger partial charge in [0.05, 0.1) is 16.7 Å². The summed E-state index contributed by atoms with van der Waals surface area (Å²) in [7, 11) is 0. The molecule has 0 atom stereocenters. The number of hydrogen-bond donors (Lipinski definition) is 0. The van der Waals surface area contributed by atoms with Crippen LogP contribution in [0.2, 0.25) is 0 Å². The van der Waals surface area contributed by atoms with E-state index in [4.69, 9.17) is 4.98 Å². The predicted octanol–water partition coefficient (Wildman–Crippen LogP) is 7.24. The fourth-order valence-electron chi connectivity index (χ4n) is 4.92. The Balaban J connectivity index is 1.67. The van der Waals surface area contributed by atoms with Crippen LogP contribution in [0.15, 0.2) is 85.1 Å². The van der Waals surface area contributed by atoms with Crippen molar-refractivity contribution in [2.75, 3.05) is 0 Å². The highest BCUT2D eigenvalue weighted by atomic mass is 14.8. The van der Waals surface area contributed by atoms with Crippen LogP contribution in [0.1, 0.15) is 11.1 Å². The SMILES string of the molecule is C1=Cc2c3ccccc3c(-c3ccc4ccc5cccnc5c4n3)c3cccc1c23. The zero-order chi connectivity index (χ0) is 19.7. The van der Waals surface area contributed by atoms with Crippen LogP contribution in [0.5, 0.6) is 0 Å². The Kier molecular flexibility index (Phi) is 3.03. The van der Waals surface area contributed by atoms with Gasteiger partial charge in [-0.05, 0) is 44.8 Å². The zero-order valence-corrected chi connectivity index (χ0v) is 16.1. The fraction of sp³-hybridized carbons (Fsp3) is 0. The molecule has 0 unspecified atom stereocenters. The Bertz CT molecular complexity index is 1690. The van der Waals surface area contributed by atoms with E-state index in [0.717, 1.165) is 27.5 Å². The van der Waals surface area contributed by atoms with E-state index in [9.17, 15) is 0 Å². The van der Waals surface area contributed by atoms with Crippen molar-refractivity contribution in [1.82, 2.24) is 9.97 Å². The molecule has 0 fully saturated rings. The maximum Gasteiger partial charge on any atom is 0.0972 e. The Hall–Kier alpha value is -4.04. The van der Waals surface area contributed by atoms with Crippen LogP contribution in [0.3, 0.4) is 0 Å². The molecule has 0 amide bonds. The summed E-state index contributed by atoms with van der Waals surface area (Å²) in [5.74, 6) is 0. The zero-order valence-electron chi connectivity index (χ0n) is 16.1. The second-order valence-electron chi connectivity index (χ2n) is 7.85. The van der Waals surface area contributed by atoms with Gasteiger partial charge in [-0.15, -0.1) is 0 Å². The van der Waals surface area contributed by atoms with Gasteiger partial charge in [0.1, 0.15) is 0 Å². The van der Waals surface area contributed by atoms with Gasteiger partial charge in [-0.2, -0.15) is 0 Å². The Morgan fingerprint density at radius 1 is 0.567 bits per heavy atom. The minimum absolute atomic E-state index is 0.953. The van der Waals surface area contributed by atoms with E-state index >= 15 is 0 Å². The molecule has 4 aromatic carbocycles. The number of pyridine rings is 2. The van der Waals surface area contributed by atoms with Crippen LogP contribution in [0.4, 0.5) is 0 Å². The lowest BCUT2D eigenvalue weighted by Crippen LogP contribution is -1.93. The molecule has 7 rings (SSSR count). The molecule has 2 nitrogen and oxygen atoms in total. The molecule has 2 heterocycles. The van der Waals surface area contributed by atoms with Crippen molar-refractivity contribution in [3.8, 4) is 11.3 Å². The molecule has 0 saturated heterocycles. The van der Waals surface area contributed by atoms with Gasteiger partial charge in [-0.25, -0.2) is 4.98 Å². The standard InChI is InChI=1S/C28H16N2/c1-2-8-21-20(7-1)22-14-12-17-5-3-9-23(25(17)22)26(21)24-15-13-19-11-10-18-6-4-16-29-27(18)28(19)30-24/h1-16H. The third-order valence-electron chi connectivity index (χ3n) is 6.24. The molecule has 2 aromatic heterocycles. The van der Waals surface area contributed by atoms with Crippen LogP contribution in [-0.4, -0.2) is 9.97 Å². The van der Waals surface area contributed by atoms with Crippen molar-refractivity contribution in [3.05, 3.63) is 96.2 Å². The lowest BCUT2D eigenvalue weighted by atomic mass is 9.90. The van der Waals surface area contributed by atoms with Crippen molar-refractivity contribution in [3.63, 3.8) is 0 Å². The van der Waals surface area contributed by atoms with E-state index in [1.807, 2.05) is 12.3 Å². The first-order valence-electron chi connectivity index (χ1n) is 10.2. The van der Waals surface area contributed by atoms with Gasteiger partial charge in [0, 0.05) is 22.5 Å². The lowest BCUT2D eigenvalue weighted by Gasteiger charge is -2.15. The predicted molar refractivity (Wildman–Crippen MR) is 126 cm³/mol. The lowest BCUT2D eigenvalue weighted by molar-refractivity contribution is 1.38. The van der Waals surface area contributed by atoms with Crippen LogP contribution in [0.25, 0.3) is 66.8 Å². The molecule has 138 valence electrons. The number of aromatic nitrogens is 2. The van der Waals surface area contributed by atoms with E-state index in [1.165, 1.54) is 38.2 Å². The van der Waals surface area contributed by atoms with Crippen molar-refractivity contribution in [1.29, 1.82) is 0 Å². The van der Waals surface area contributed by atoms with Gasteiger partial charge in [-0.3, -0.25) is 4.98 Å². The summed E-state index contributed by atoms with van der Waals surface area (Å²) in [5.41, 5.74) is 6.69. The summed E-state index contributed by atoms with van der Waals surface area (Å²) in [6, 6.07) is 27.9. The third-order valence-corrected chi connectivity index (χ3v) is 6.24. The maximum atomic E-state index is 5.17. The largest absolute Gasteiger partial charge is 0.254 e. The summed E-state index contributed by atoms with van der Waals surface area (Å²) < 4.78 is 0. The molecule has 0 spiro atoms. The van der Waals surface area contributed by atoms with Crippen molar-refractivity contribution in [2.45, 2.75) is 0 Å². The average Bonchev–Trinajstić information content (AvgIpc) is 3.25. The fourth-order valence-corrected chi connectivity index (χ4v) is 4.92. The number of fused-ring (bicyclic) bond motifs is 5. The summed E-state index contributed by atoms with van der Waals surface area (Å²) in [6.45, 7) is 0. The highest BCUT2D eigenvalue weighted by Gasteiger charge is 2.19. The molecule has 1 aliphatic carbocycles. The van der Waals surface area contributed by atoms with Crippen molar-refractivity contribution in [2.24, 2.45) is 0 Å². The molecule has 0 radical (unpaired) electrons. The number of rotatable bonds is 1. The first-order valence-corrected chi connectivity index (χ1v) is 10.2. The van der Waals surface area contributed by atoms with E-state index in [0.29, 0.717) is 0 Å². The summed E-state index contributed by atoms with van der Waals surface area (Å²) in [5, 5.41) is 7.32. The summed E-state index contributed by atoms with van der Waals surface area (Å²) >= 11 is 0. The van der Waals surface area contributed by atoms with Crippen LogP contribution in [0, 0.1) is 0 Å². The second kappa shape index (κ2) is 5.74. The highest BCUT2D eigenvalue weighted by molar-refractivity contribution is 6.22. The van der Waals surface area contributed by atoms with Crippen LogP contribution < -0.4 is 0 Å². The molecule has 0 bridgehead atoms. The molecule has 6 aromatic rings. The molecular weight excluding hydrogens is 364 g/mol. The van der Waals surface area contributed by atoms with Crippen molar-refractivity contribution < 1.29 is 0 Å². The Labute approximate surface area is 173 Å². The van der Waals surface area contributed by atoms with Gasteiger partial charge in [0.2, 0.25) is 0 Å². The van der Waals surface area contributed by atoms with Gasteiger partial charge in [0.25, 0.3) is 0 Å². The minimum atomic E-state index is 0.953. The second-order valence-corrected chi connectivity index (χ2v) is 7.85. The first kappa shape index (κ1) is 15.8. The van der Waals surface area contributed by atoms with Gasteiger partial charge in [-0.1, -0.05) is 78.9 Å². The minimum Gasteiger partial charge on any atom is -0.254 e. The molecule has 30 heavy (non-hydrogen) atoms. The maximum absolute atomic E-state index is 5.17.